The Morgan fingerprint density at radius 1 is 1.31 bits per heavy atom. The second-order valence-electron chi connectivity index (χ2n) is 6.93. The number of nitrogens with zero attached hydrogens (tertiary/aromatic N) is 5. The molecule has 2 N–H and O–H groups in total. The van der Waals surface area contributed by atoms with Gasteiger partial charge in [-0.05, 0) is 37.8 Å². The molecule has 150 valence electrons. The number of carboxylic acid groups (broad SMARTS) is 1. The summed E-state index contributed by atoms with van der Waals surface area (Å²) in [4.78, 5) is 23.5. The summed E-state index contributed by atoms with van der Waals surface area (Å²) in [6.07, 6.45) is 3.78. The van der Waals surface area contributed by atoms with Crippen LogP contribution in [-0.4, -0.2) is 41.8 Å². The molecule has 3 aromatic rings. The van der Waals surface area contributed by atoms with E-state index in [0.29, 0.717) is 17.8 Å². The smallest absolute Gasteiger partial charge is 0.325 e. The van der Waals surface area contributed by atoms with E-state index in [1.54, 1.807) is 10.7 Å². The van der Waals surface area contributed by atoms with Gasteiger partial charge in [-0.1, -0.05) is 17.3 Å². The van der Waals surface area contributed by atoms with Crippen molar-refractivity contribution in [1.82, 2.24) is 30.1 Å². The highest BCUT2D eigenvalue weighted by Gasteiger charge is 2.28. The molecule has 1 aliphatic rings. The van der Waals surface area contributed by atoms with Gasteiger partial charge in [-0.2, -0.15) is 5.10 Å². The van der Waals surface area contributed by atoms with Crippen LogP contribution in [0.4, 0.5) is 4.39 Å². The quantitative estimate of drug-likeness (QED) is 0.649. The average Bonchev–Trinajstić information content (AvgIpc) is 3.37. The number of para-hydroxylation sites is 1. The number of hydrogen-bond donors (Lipinski definition) is 2. The number of benzene rings is 1. The lowest BCUT2D eigenvalue weighted by Gasteiger charge is -2.10. The largest absolute Gasteiger partial charge is 0.480 e. The molecule has 0 aliphatic heterocycles. The molecule has 10 heteroatoms. The van der Waals surface area contributed by atoms with Crippen LogP contribution in [0.15, 0.2) is 24.4 Å². The van der Waals surface area contributed by atoms with E-state index in [1.807, 2.05) is 13.0 Å². The van der Waals surface area contributed by atoms with Crippen LogP contribution in [-0.2, 0) is 30.7 Å². The van der Waals surface area contributed by atoms with E-state index in [0.717, 1.165) is 29.7 Å². The zero-order chi connectivity index (χ0) is 20.5. The normalized spacial score (nSPS) is 12.8. The highest BCUT2D eigenvalue weighted by Crippen LogP contribution is 2.30. The van der Waals surface area contributed by atoms with Crippen molar-refractivity contribution in [3.63, 3.8) is 0 Å². The van der Waals surface area contributed by atoms with E-state index in [-0.39, 0.29) is 30.5 Å². The second-order valence-corrected chi connectivity index (χ2v) is 6.93. The lowest BCUT2D eigenvalue weighted by Crippen LogP contribution is -2.24. The van der Waals surface area contributed by atoms with Gasteiger partial charge in [0.1, 0.15) is 23.7 Å². The lowest BCUT2D eigenvalue weighted by atomic mass is 10.1. The van der Waals surface area contributed by atoms with E-state index in [4.69, 9.17) is 5.11 Å². The second kappa shape index (κ2) is 7.46. The molecule has 0 saturated heterocycles. The molecule has 0 spiro atoms. The Bertz CT molecular complexity index is 1080. The highest BCUT2D eigenvalue weighted by molar-refractivity contribution is 5.94. The van der Waals surface area contributed by atoms with Gasteiger partial charge in [0, 0.05) is 11.3 Å². The van der Waals surface area contributed by atoms with Crippen LogP contribution >= 0.6 is 0 Å². The third-order valence-electron chi connectivity index (χ3n) is 4.86. The number of aliphatic carboxylic acids is 1. The van der Waals surface area contributed by atoms with E-state index < -0.39 is 5.97 Å². The van der Waals surface area contributed by atoms with Crippen molar-refractivity contribution >= 4 is 11.9 Å². The standard InChI is InChI=1S/C19H19FN6O3/c1-11-4-2-6-14(20)18(11)26-15-7-3-5-13(15)17(23-26)19(29)21-8-12-9-25(24-22-12)10-16(27)28/h2,4,6,9H,3,5,7-8,10H2,1H3,(H,21,29)(H,27,28). The minimum absolute atomic E-state index is 0.0822. The summed E-state index contributed by atoms with van der Waals surface area (Å²) in [5.41, 5.74) is 3.50. The van der Waals surface area contributed by atoms with Gasteiger partial charge >= 0.3 is 5.97 Å². The first-order chi connectivity index (χ1) is 13.9. The minimum Gasteiger partial charge on any atom is -0.480 e. The number of carboxylic acids is 1. The Kier molecular flexibility index (Phi) is 4.83. The van der Waals surface area contributed by atoms with Crippen molar-refractivity contribution in [2.24, 2.45) is 0 Å². The van der Waals surface area contributed by atoms with Crippen molar-refractivity contribution in [2.75, 3.05) is 0 Å². The van der Waals surface area contributed by atoms with E-state index in [1.165, 1.54) is 16.9 Å². The molecule has 0 saturated carbocycles. The van der Waals surface area contributed by atoms with Crippen molar-refractivity contribution < 1.29 is 19.1 Å². The Labute approximate surface area is 165 Å². The van der Waals surface area contributed by atoms with E-state index in [2.05, 4.69) is 20.7 Å². The highest BCUT2D eigenvalue weighted by atomic mass is 19.1. The molecule has 29 heavy (non-hydrogen) atoms. The molecule has 0 fully saturated rings. The fourth-order valence-electron chi connectivity index (χ4n) is 3.59. The van der Waals surface area contributed by atoms with Crippen molar-refractivity contribution in [1.29, 1.82) is 0 Å². The maximum atomic E-state index is 14.5. The molecule has 1 aliphatic carbocycles. The van der Waals surface area contributed by atoms with Gasteiger partial charge in [-0.3, -0.25) is 9.59 Å². The number of carbonyl (C=O) groups is 2. The van der Waals surface area contributed by atoms with Crippen LogP contribution in [0.2, 0.25) is 0 Å². The van der Waals surface area contributed by atoms with E-state index >= 15 is 0 Å². The summed E-state index contributed by atoms with van der Waals surface area (Å²) in [6.45, 7) is 1.58. The van der Waals surface area contributed by atoms with Gasteiger partial charge in [-0.25, -0.2) is 13.8 Å². The zero-order valence-electron chi connectivity index (χ0n) is 15.7. The molecule has 0 radical (unpaired) electrons. The predicted molar refractivity (Wildman–Crippen MR) is 99.1 cm³/mol. The molecular weight excluding hydrogens is 379 g/mol. The SMILES string of the molecule is Cc1cccc(F)c1-n1nc(C(=O)NCc2cn(CC(=O)O)nn2)c2c1CCC2. The zero-order valence-corrected chi connectivity index (χ0v) is 15.7. The predicted octanol–water partition coefficient (Wildman–Crippen LogP) is 1.41. The molecule has 0 atom stereocenters. The summed E-state index contributed by atoms with van der Waals surface area (Å²) in [6, 6.07) is 4.83. The number of fused-ring (bicyclic) bond motifs is 1. The monoisotopic (exact) mass is 398 g/mol. The third-order valence-corrected chi connectivity index (χ3v) is 4.86. The number of rotatable bonds is 6. The maximum absolute atomic E-state index is 14.5. The lowest BCUT2D eigenvalue weighted by molar-refractivity contribution is -0.137. The number of hydrogen-bond acceptors (Lipinski definition) is 5. The Morgan fingerprint density at radius 2 is 2.14 bits per heavy atom. The fourth-order valence-corrected chi connectivity index (χ4v) is 3.59. The van der Waals surface area contributed by atoms with Gasteiger partial charge in [0.05, 0.1) is 12.7 Å². The van der Waals surface area contributed by atoms with Crippen molar-refractivity contribution in [3.05, 3.63) is 58.4 Å². The number of carbonyl (C=O) groups excluding carboxylic acids is 1. The topological polar surface area (TPSA) is 115 Å². The van der Waals surface area contributed by atoms with Crippen LogP contribution in [0.3, 0.4) is 0 Å². The first kappa shape index (κ1) is 18.8. The molecule has 2 aromatic heterocycles. The number of amides is 1. The summed E-state index contributed by atoms with van der Waals surface area (Å²) in [5.74, 6) is -1.80. The summed E-state index contributed by atoms with van der Waals surface area (Å²) >= 11 is 0. The first-order valence-corrected chi connectivity index (χ1v) is 9.19. The summed E-state index contributed by atoms with van der Waals surface area (Å²) in [5, 5.41) is 23.5. The molecule has 1 aromatic carbocycles. The van der Waals surface area contributed by atoms with Crippen LogP contribution in [0.1, 0.15) is 39.4 Å². The molecule has 9 nitrogen and oxygen atoms in total. The van der Waals surface area contributed by atoms with Gasteiger partial charge < -0.3 is 10.4 Å². The van der Waals surface area contributed by atoms with Gasteiger partial charge in [0.15, 0.2) is 5.69 Å². The van der Waals surface area contributed by atoms with Gasteiger partial charge in [-0.15, -0.1) is 5.10 Å². The van der Waals surface area contributed by atoms with Crippen LogP contribution in [0.25, 0.3) is 5.69 Å². The van der Waals surface area contributed by atoms with Crippen LogP contribution in [0, 0.1) is 12.7 Å². The van der Waals surface area contributed by atoms with Gasteiger partial charge in [0.25, 0.3) is 5.91 Å². The molecule has 2 heterocycles. The van der Waals surface area contributed by atoms with Crippen molar-refractivity contribution in [2.45, 2.75) is 39.3 Å². The van der Waals surface area contributed by atoms with Gasteiger partial charge in [0.2, 0.25) is 0 Å². The average molecular weight is 398 g/mol. The Morgan fingerprint density at radius 3 is 2.90 bits per heavy atom. The van der Waals surface area contributed by atoms with E-state index in [9.17, 15) is 14.0 Å². The molecular formula is C19H19FN6O3. The number of nitrogens with one attached hydrogen (secondary N) is 1. The van der Waals surface area contributed by atoms with Crippen molar-refractivity contribution in [3.8, 4) is 5.69 Å². The number of aryl methyl sites for hydroxylation is 1. The number of aromatic nitrogens is 5. The minimum atomic E-state index is -1.03. The molecule has 0 unspecified atom stereocenters. The Hall–Kier alpha value is -3.56. The number of halogens is 1. The van der Waals surface area contributed by atoms with Crippen LogP contribution in [0.5, 0.6) is 0 Å². The summed E-state index contributed by atoms with van der Waals surface area (Å²) < 4.78 is 17.2. The Balaban J connectivity index is 1.57. The maximum Gasteiger partial charge on any atom is 0.325 e. The molecule has 4 rings (SSSR count). The van der Waals surface area contributed by atoms with Crippen LogP contribution < -0.4 is 5.32 Å². The molecule has 0 bridgehead atoms. The third kappa shape index (κ3) is 3.60. The first-order valence-electron chi connectivity index (χ1n) is 9.19. The molecule has 1 amide bonds. The summed E-state index contributed by atoms with van der Waals surface area (Å²) in [7, 11) is 0. The fraction of sp³-hybridized carbons (Fsp3) is 0.316.